The van der Waals surface area contributed by atoms with E-state index in [1.807, 2.05) is 54.3 Å². The Balaban J connectivity index is 1.35. The topological polar surface area (TPSA) is 141 Å². The zero-order chi connectivity index (χ0) is 32.5. The molecule has 0 bridgehead atoms. The standard InChI is InChI=1S/C35H35N5O6/c1-24-9-11-26(12-10-24)29(21-32(41)42)37-33(43)27-13-14-31(30(20-27)38-35(45)46-23-25-6-3-2-4-7-25)39-16-18-40(19-17-39)34(44)28-8-5-15-36-22-28/h2-15,20,22,29H,16-19,21,23H2,1H3,(H,37,43)(H,38,45)(H,41,42). The molecule has 2 heterocycles. The molecule has 236 valence electrons. The molecule has 1 unspecified atom stereocenters. The minimum Gasteiger partial charge on any atom is -0.481 e. The van der Waals surface area contributed by atoms with Crippen LogP contribution in [0.2, 0.25) is 0 Å². The summed E-state index contributed by atoms with van der Waals surface area (Å²) in [6.07, 6.45) is 2.16. The molecule has 0 radical (unpaired) electrons. The molecule has 11 nitrogen and oxygen atoms in total. The third kappa shape index (κ3) is 8.26. The zero-order valence-corrected chi connectivity index (χ0v) is 25.4. The van der Waals surface area contributed by atoms with Gasteiger partial charge >= 0.3 is 12.1 Å². The summed E-state index contributed by atoms with van der Waals surface area (Å²) in [6.45, 7) is 3.85. The van der Waals surface area contributed by atoms with Gasteiger partial charge in [0.15, 0.2) is 0 Å². The number of pyridine rings is 1. The molecule has 1 fully saturated rings. The molecule has 4 aromatic rings. The highest BCUT2D eigenvalue weighted by Crippen LogP contribution is 2.30. The van der Waals surface area contributed by atoms with Gasteiger partial charge in [0.1, 0.15) is 6.61 Å². The van der Waals surface area contributed by atoms with Crippen molar-refractivity contribution in [1.29, 1.82) is 0 Å². The van der Waals surface area contributed by atoms with Crippen LogP contribution in [0.1, 0.15) is 49.9 Å². The number of nitrogens with one attached hydrogen (secondary N) is 2. The predicted octanol–water partition coefficient (Wildman–Crippen LogP) is 5.05. The van der Waals surface area contributed by atoms with Crippen LogP contribution in [0.3, 0.4) is 0 Å². The number of carboxylic acid groups (broad SMARTS) is 1. The molecule has 1 saturated heterocycles. The number of hydrogen-bond acceptors (Lipinski definition) is 7. The van der Waals surface area contributed by atoms with E-state index < -0.39 is 24.0 Å². The molecule has 1 aromatic heterocycles. The average Bonchev–Trinajstić information content (AvgIpc) is 3.08. The maximum Gasteiger partial charge on any atom is 0.412 e. The second-order valence-corrected chi connectivity index (χ2v) is 11.0. The zero-order valence-electron chi connectivity index (χ0n) is 25.4. The van der Waals surface area contributed by atoms with Crippen LogP contribution in [-0.2, 0) is 16.1 Å². The number of ether oxygens (including phenoxy) is 1. The number of hydrogen-bond donors (Lipinski definition) is 3. The van der Waals surface area contributed by atoms with Gasteiger partial charge in [0.2, 0.25) is 0 Å². The minimum absolute atomic E-state index is 0.0602. The lowest BCUT2D eigenvalue weighted by Gasteiger charge is -2.37. The van der Waals surface area contributed by atoms with Crippen LogP contribution in [0.5, 0.6) is 0 Å². The Hall–Kier alpha value is -5.71. The summed E-state index contributed by atoms with van der Waals surface area (Å²) >= 11 is 0. The van der Waals surface area contributed by atoms with Crippen molar-refractivity contribution in [2.24, 2.45) is 0 Å². The number of piperazine rings is 1. The maximum absolute atomic E-state index is 13.5. The molecule has 1 aliphatic heterocycles. The van der Waals surface area contributed by atoms with Crippen LogP contribution < -0.4 is 15.5 Å². The Labute approximate surface area is 266 Å². The molecule has 5 rings (SSSR count). The number of anilines is 2. The van der Waals surface area contributed by atoms with E-state index in [4.69, 9.17) is 4.74 Å². The fourth-order valence-corrected chi connectivity index (χ4v) is 5.21. The molecule has 3 amide bonds. The fourth-order valence-electron chi connectivity index (χ4n) is 5.21. The number of carbonyl (C=O) groups excluding carboxylic acids is 3. The second kappa shape index (κ2) is 14.8. The van der Waals surface area contributed by atoms with Gasteiger partial charge in [-0.05, 0) is 48.4 Å². The van der Waals surface area contributed by atoms with Gasteiger partial charge in [-0.1, -0.05) is 60.2 Å². The average molecular weight is 622 g/mol. The summed E-state index contributed by atoms with van der Waals surface area (Å²) in [4.78, 5) is 58.8. The molecular formula is C35H35N5O6. The van der Waals surface area contributed by atoms with Gasteiger partial charge < -0.3 is 25.0 Å². The van der Waals surface area contributed by atoms with Crippen LogP contribution in [0, 0.1) is 6.92 Å². The van der Waals surface area contributed by atoms with E-state index in [1.54, 1.807) is 59.8 Å². The van der Waals surface area contributed by atoms with Crippen molar-refractivity contribution in [3.8, 4) is 0 Å². The molecule has 1 atom stereocenters. The van der Waals surface area contributed by atoms with Crippen molar-refractivity contribution in [2.75, 3.05) is 36.4 Å². The van der Waals surface area contributed by atoms with Crippen LogP contribution in [0.4, 0.5) is 16.2 Å². The smallest absolute Gasteiger partial charge is 0.412 e. The summed E-state index contributed by atoms with van der Waals surface area (Å²) < 4.78 is 5.45. The van der Waals surface area contributed by atoms with Crippen molar-refractivity contribution >= 4 is 35.3 Å². The molecule has 46 heavy (non-hydrogen) atoms. The molecular weight excluding hydrogens is 586 g/mol. The Kier molecular flexibility index (Phi) is 10.2. The SMILES string of the molecule is Cc1ccc(C(CC(=O)O)NC(=O)c2ccc(N3CCN(C(=O)c4cccnc4)CC3)c(NC(=O)OCc3ccccc3)c2)cc1. The largest absolute Gasteiger partial charge is 0.481 e. The van der Waals surface area contributed by atoms with Gasteiger partial charge in [0, 0.05) is 44.1 Å². The van der Waals surface area contributed by atoms with E-state index in [0.717, 1.165) is 11.1 Å². The van der Waals surface area contributed by atoms with E-state index in [2.05, 4.69) is 15.6 Å². The van der Waals surface area contributed by atoms with Crippen LogP contribution >= 0.6 is 0 Å². The molecule has 3 aromatic carbocycles. The summed E-state index contributed by atoms with van der Waals surface area (Å²) in [7, 11) is 0. The molecule has 11 heteroatoms. The van der Waals surface area contributed by atoms with Crippen LogP contribution in [-0.4, -0.2) is 65.0 Å². The van der Waals surface area contributed by atoms with Crippen molar-refractivity contribution in [1.82, 2.24) is 15.2 Å². The number of aromatic nitrogens is 1. The van der Waals surface area contributed by atoms with Crippen LogP contribution in [0.15, 0.2) is 97.3 Å². The molecule has 3 N–H and O–H groups in total. The summed E-state index contributed by atoms with van der Waals surface area (Å²) in [5, 5.41) is 15.1. The van der Waals surface area contributed by atoms with Crippen molar-refractivity contribution in [3.63, 3.8) is 0 Å². The third-order valence-corrected chi connectivity index (χ3v) is 7.69. The normalized spacial score (nSPS) is 13.4. The second-order valence-electron chi connectivity index (χ2n) is 11.0. The van der Waals surface area contributed by atoms with E-state index >= 15 is 0 Å². The maximum atomic E-state index is 13.5. The first kappa shape index (κ1) is 31.7. The van der Waals surface area contributed by atoms with Crippen molar-refractivity contribution in [3.05, 3.63) is 125 Å². The van der Waals surface area contributed by atoms with Crippen molar-refractivity contribution < 1.29 is 29.0 Å². The highest BCUT2D eigenvalue weighted by Gasteiger charge is 2.26. The summed E-state index contributed by atoms with van der Waals surface area (Å²) in [5.74, 6) is -1.65. The van der Waals surface area contributed by atoms with Gasteiger partial charge in [-0.25, -0.2) is 4.79 Å². The predicted molar refractivity (Wildman–Crippen MR) is 173 cm³/mol. The molecule has 0 saturated carbocycles. The lowest BCUT2D eigenvalue weighted by molar-refractivity contribution is -0.137. The number of carboxylic acids is 1. The Morgan fingerprint density at radius 3 is 2.30 bits per heavy atom. The van der Waals surface area contributed by atoms with Gasteiger partial charge in [-0.3, -0.25) is 24.7 Å². The quantitative estimate of drug-likeness (QED) is 0.224. The van der Waals surface area contributed by atoms with E-state index in [-0.39, 0.29) is 24.5 Å². The lowest BCUT2D eigenvalue weighted by Crippen LogP contribution is -2.49. The van der Waals surface area contributed by atoms with Gasteiger partial charge in [-0.15, -0.1) is 0 Å². The third-order valence-electron chi connectivity index (χ3n) is 7.69. The number of nitrogens with zero attached hydrogens (tertiary/aromatic N) is 3. The highest BCUT2D eigenvalue weighted by molar-refractivity contribution is 5.99. The first-order valence-corrected chi connectivity index (χ1v) is 14.9. The van der Waals surface area contributed by atoms with Crippen LogP contribution in [0.25, 0.3) is 0 Å². The first-order chi connectivity index (χ1) is 22.3. The van der Waals surface area contributed by atoms with E-state index in [9.17, 15) is 24.3 Å². The lowest BCUT2D eigenvalue weighted by atomic mass is 10.0. The van der Waals surface area contributed by atoms with E-state index in [0.29, 0.717) is 48.7 Å². The van der Waals surface area contributed by atoms with E-state index in [1.165, 1.54) is 0 Å². The number of amides is 3. The fraction of sp³-hybridized carbons (Fsp3) is 0.229. The monoisotopic (exact) mass is 621 g/mol. The highest BCUT2D eigenvalue weighted by atomic mass is 16.5. The molecule has 0 spiro atoms. The molecule has 1 aliphatic rings. The summed E-state index contributed by atoms with van der Waals surface area (Å²) in [6, 6.07) is 24.2. The van der Waals surface area contributed by atoms with Gasteiger partial charge in [-0.2, -0.15) is 0 Å². The Morgan fingerprint density at radius 2 is 1.63 bits per heavy atom. The van der Waals surface area contributed by atoms with Gasteiger partial charge in [0.05, 0.1) is 29.4 Å². The first-order valence-electron chi connectivity index (χ1n) is 14.9. The Bertz CT molecular complexity index is 1670. The minimum atomic E-state index is -1.05. The summed E-state index contributed by atoms with van der Waals surface area (Å²) in [5.41, 5.74) is 4.25. The number of aryl methyl sites for hydroxylation is 1. The number of carbonyl (C=O) groups is 4. The Morgan fingerprint density at radius 1 is 0.891 bits per heavy atom. The number of rotatable bonds is 10. The molecule has 0 aliphatic carbocycles. The number of aliphatic carboxylic acids is 1. The van der Waals surface area contributed by atoms with Crippen molar-refractivity contribution in [2.45, 2.75) is 26.0 Å². The number of benzene rings is 3. The van der Waals surface area contributed by atoms with Gasteiger partial charge in [0.25, 0.3) is 11.8 Å².